The van der Waals surface area contributed by atoms with Gasteiger partial charge in [0.2, 0.25) is 0 Å². The number of aryl methyl sites for hydroxylation is 2. The largest absolute Gasteiger partial charge is 0.381 e. The third kappa shape index (κ3) is 6.59. The predicted molar refractivity (Wildman–Crippen MR) is 113 cm³/mol. The van der Waals surface area contributed by atoms with Crippen molar-refractivity contribution < 1.29 is 4.74 Å². The van der Waals surface area contributed by atoms with Crippen molar-refractivity contribution in [2.45, 2.75) is 33.6 Å². The quantitative estimate of drug-likeness (QED) is 0.415. The summed E-state index contributed by atoms with van der Waals surface area (Å²) in [4.78, 5) is 6.79. The van der Waals surface area contributed by atoms with Gasteiger partial charge in [0.15, 0.2) is 5.96 Å². The molecular formula is C19H32IN3O. The summed E-state index contributed by atoms with van der Waals surface area (Å²) in [5, 5.41) is 3.51. The highest BCUT2D eigenvalue weighted by molar-refractivity contribution is 14.0. The molecule has 0 radical (unpaired) electrons. The lowest BCUT2D eigenvalue weighted by Crippen LogP contribution is -2.41. The van der Waals surface area contributed by atoms with Gasteiger partial charge in [0.1, 0.15) is 0 Å². The van der Waals surface area contributed by atoms with Gasteiger partial charge in [-0.3, -0.25) is 4.99 Å². The van der Waals surface area contributed by atoms with Crippen molar-refractivity contribution in [3.8, 4) is 0 Å². The number of halogens is 1. The third-order valence-corrected chi connectivity index (χ3v) is 4.33. The first kappa shape index (κ1) is 21.2. The lowest BCUT2D eigenvalue weighted by atomic mass is 10.1. The van der Waals surface area contributed by atoms with Gasteiger partial charge in [0.05, 0.1) is 6.61 Å². The number of rotatable bonds is 6. The molecule has 0 aliphatic carbocycles. The third-order valence-electron chi connectivity index (χ3n) is 4.33. The Hall–Kier alpha value is -0.820. The SMILES string of the molecule is CCOCC1CCN(C(=NC)NCCc2cc(C)cc(C)c2)C1.I. The number of ether oxygens (including phenoxy) is 1. The second-order valence-corrected chi connectivity index (χ2v) is 6.48. The van der Waals surface area contributed by atoms with Gasteiger partial charge in [0.25, 0.3) is 0 Å². The molecule has 1 aliphatic rings. The summed E-state index contributed by atoms with van der Waals surface area (Å²) in [5.41, 5.74) is 4.06. The molecule has 1 saturated heterocycles. The van der Waals surface area contributed by atoms with Crippen LogP contribution in [0.4, 0.5) is 0 Å². The zero-order valence-electron chi connectivity index (χ0n) is 15.5. The van der Waals surface area contributed by atoms with E-state index in [4.69, 9.17) is 4.74 Å². The van der Waals surface area contributed by atoms with Crippen LogP contribution in [0.15, 0.2) is 23.2 Å². The molecule has 0 spiro atoms. The first-order chi connectivity index (χ1) is 11.1. The van der Waals surface area contributed by atoms with Crippen LogP contribution >= 0.6 is 24.0 Å². The zero-order chi connectivity index (χ0) is 16.7. The number of likely N-dealkylation sites (tertiary alicyclic amines) is 1. The van der Waals surface area contributed by atoms with Crippen LogP contribution in [0.1, 0.15) is 30.0 Å². The van der Waals surface area contributed by atoms with Gasteiger partial charge in [-0.15, -0.1) is 24.0 Å². The summed E-state index contributed by atoms with van der Waals surface area (Å²) in [6, 6.07) is 6.76. The van der Waals surface area contributed by atoms with Crippen LogP contribution in [-0.2, 0) is 11.2 Å². The number of nitrogens with zero attached hydrogens (tertiary/aromatic N) is 2. The van der Waals surface area contributed by atoms with Crippen LogP contribution in [-0.4, -0.2) is 50.8 Å². The lowest BCUT2D eigenvalue weighted by molar-refractivity contribution is 0.114. The van der Waals surface area contributed by atoms with Gasteiger partial charge < -0.3 is 15.0 Å². The van der Waals surface area contributed by atoms with Gasteiger partial charge in [-0.25, -0.2) is 0 Å². The fourth-order valence-corrected chi connectivity index (χ4v) is 3.31. The Morgan fingerprint density at radius 2 is 2.00 bits per heavy atom. The Balaban J connectivity index is 0.00000288. The molecule has 1 fully saturated rings. The van der Waals surface area contributed by atoms with Crippen molar-refractivity contribution in [3.63, 3.8) is 0 Å². The molecule has 1 aromatic carbocycles. The van der Waals surface area contributed by atoms with Crippen LogP contribution in [0.25, 0.3) is 0 Å². The molecule has 1 atom stereocenters. The van der Waals surface area contributed by atoms with E-state index in [9.17, 15) is 0 Å². The summed E-state index contributed by atoms with van der Waals surface area (Å²) >= 11 is 0. The molecule has 5 heteroatoms. The van der Waals surface area contributed by atoms with Crippen molar-refractivity contribution in [2.75, 3.05) is 39.9 Å². The standard InChI is InChI=1S/C19H31N3O.HI/c1-5-23-14-18-7-9-22(13-18)19(20-4)21-8-6-17-11-15(2)10-16(3)12-17;/h10-12,18H,5-9,13-14H2,1-4H3,(H,20,21);1H. The summed E-state index contributed by atoms with van der Waals surface area (Å²) in [5.74, 6) is 1.65. The maximum atomic E-state index is 5.55. The van der Waals surface area contributed by atoms with Gasteiger partial charge in [-0.2, -0.15) is 0 Å². The first-order valence-corrected chi connectivity index (χ1v) is 8.73. The minimum Gasteiger partial charge on any atom is -0.381 e. The molecule has 24 heavy (non-hydrogen) atoms. The topological polar surface area (TPSA) is 36.9 Å². The average Bonchev–Trinajstić information content (AvgIpc) is 2.97. The Bertz CT molecular complexity index is 513. The van der Waals surface area contributed by atoms with Crippen LogP contribution in [0, 0.1) is 19.8 Å². The number of hydrogen-bond donors (Lipinski definition) is 1. The van der Waals surface area contributed by atoms with Gasteiger partial charge in [-0.05, 0) is 39.2 Å². The van der Waals surface area contributed by atoms with Gasteiger partial charge in [-0.1, -0.05) is 29.3 Å². The van der Waals surface area contributed by atoms with E-state index in [0.29, 0.717) is 5.92 Å². The number of nitrogens with one attached hydrogen (secondary N) is 1. The average molecular weight is 445 g/mol. The maximum Gasteiger partial charge on any atom is 0.193 e. The number of aliphatic imine (C=N–C) groups is 1. The van der Waals surface area contributed by atoms with Gasteiger partial charge in [0, 0.05) is 39.2 Å². The zero-order valence-corrected chi connectivity index (χ0v) is 17.8. The van der Waals surface area contributed by atoms with E-state index in [0.717, 1.165) is 45.2 Å². The first-order valence-electron chi connectivity index (χ1n) is 8.73. The van der Waals surface area contributed by atoms with E-state index in [2.05, 4.69) is 54.2 Å². The van der Waals surface area contributed by atoms with E-state index in [1.807, 2.05) is 7.05 Å². The van der Waals surface area contributed by atoms with Crippen molar-refractivity contribution in [1.29, 1.82) is 0 Å². The highest BCUT2D eigenvalue weighted by atomic mass is 127. The Kier molecular flexibility index (Phi) is 9.66. The smallest absolute Gasteiger partial charge is 0.193 e. The summed E-state index contributed by atoms with van der Waals surface area (Å²) < 4.78 is 5.55. The molecule has 0 amide bonds. The Morgan fingerprint density at radius 3 is 2.62 bits per heavy atom. The van der Waals surface area contributed by atoms with E-state index in [1.54, 1.807) is 0 Å². The molecule has 0 saturated carbocycles. The number of benzene rings is 1. The van der Waals surface area contributed by atoms with Crippen molar-refractivity contribution >= 4 is 29.9 Å². The van der Waals surface area contributed by atoms with E-state index in [1.165, 1.54) is 23.1 Å². The summed E-state index contributed by atoms with van der Waals surface area (Å²) in [6.45, 7) is 11.1. The highest BCUT2D eigenvalue weighted by Gasteiger charge is 2.24. The minimum atomic E-state index is 0. The number of guanidine groups is 1. The molecular weight excluding hydrogens is 413 g/mol. The Labute approximate surface area is 164 Å². The van der Waals surface area contributed by atoms with Gasteiger partial charge >= 0.3 is 0 Å². The molecule has 1 heterocycles. The minimum absolute atomic E-state index is 0. The second kappa shape index (κ2) is 10.9. The van der Waals surface area contributed by atoms with Crippen LogP contribution < -0.4 is 5.32 Å². The predicted octanol–water partition coefficient (Wildman–Crippen LogP) is 3.40. The normalized spacial score (nSPS) is 17.8. The van der Waals surface area contributed by atoms with Crippen LogP contribution in [0.3, 0.4) is 0 Å². The molecule has 1 unspecified atom stereocenters. The van der Waals surface area contributed by atoms with Crippen molar-refractivity contribution in [1.82, 2.24) is 10.2 Å². The van der Waals surface area contributed by atoms with Crippen molar-refractivity contribution in [3.05, 3.63) is 34.9 Å². The number of hydrogen-bond acceptors (Lipinski definition) is 2. The summed E-state index contributed by atoms with van der Waals surface area (Å²) in [7, 11) is 1.87. The molecule has 4 nitrogen and oxygen atoms in total. The molecule has 0 aromatic heterocycles. The van der Waals surface area contributed by atoms with Crippen LogP contribution in [0.2, 0.25) is 0 Å². The fourth-order valence-electron chi connectivity index (χ4n) is 3.31. The molecule has 1 N–H and O–H groups in total. The van der Waals surface area contributed by atoms with E-state index < -0.39 is 0 Å². The maximum absolute atomic E-state index is 5.55. The second-order valence-electron chi connectivity index (χ2n) is 6.48. The van der Waals surface area contributed by atoms with Crippen LogP contribution in [0.5, 0.6) is 0 Å². The van der Waals surface area contributed by atoms with Crippen molar-refractivity contribution in [2.24, 2.45) is 10.9 Å². The molecule has 1 aliphatic heterocycles. The molecule has 136 valence electrons. The summed E-state index contributed by atoms with van der Waals surface area (Å²) in [6.07, 6.45) is 2.22. The monoisotopic (exact) mass is 445 g/mol. The molecule has 1 aromatic rings. The Morgan fingerprint density at radius 1 is 1.29 bits per heavy atom. The molecule has 0 bridgehead atoms. The lowest BCUT2D eigenvalue weighted by Gasteiger charge is -2.21. The van der Waals surface area contributed by atoms with E-state index >= 15 is 0 Å². The fraction of sp³-hybridized carbons (Fsp3) is 0.632. The highest BCUT2D eigenvalue weighted by Crippen LogP contribution is 2.16. The molecule has 2 rings (SSSR count). The van der Waals surface area contributed by atoms with E-state index in [-0.39, 0.29) is 24.0 Å².